The number of amides is 1. The highest BCUT2D eigenvalue weighted by molar-refractivity contribution is 6.31. The predicted molar refractivity (Wildman–Crippen MR) is 113 cm³/mol. The van der Waals surface area contributed by atoms with Crippen molar-refractivity contribution in [1.29, 1.82) is 0 Å². The van der Waals surface area contributed by atoms with Gasteiger partial charge in [0, 0.05) is 37.6 Å². The standard InChI is InChI=1S/C23H27ClFN3O3/c24-18-13-17(4-5-19(18)25)22(29)28-9-7-23(8-10-28)14-15(6-11-30-23)12-20-26-21(31-27-20)16-2-1-3-16/h4-5,13,15-16H,1-3,6-12,14H2. The van der Waals surface area contributed by atoms with Gasteiger partial charge in [0.05, 0.1) is 10.6 Å². The molecule has 166 valence electrons. The van der Waals surface area contributed by atoms with Crippen molar-refractivity contribution in [2.45, 2.75) is 62.9 Å². The molecular formula is C23H27ClFN3O3. The molecule has 8 heteroatoms. The first-order chi connectivity index (χ1) is 15.0. The quantitative estimate of drug-likeness (QED) is 0.675. The number of carbonyl (C=O) groups is 1. The van der Waals surface area contributed by atoms with Crippen LogP contribution in [0.2, 0.25) is 5.02 Å². The summed E-state index contributed by atoms with van der Waals surface area (Å²) in [6.07, 6.45) is 7.91. The average molecular weight is 448 g/mol. The van der Waals surface area contributed by atoms with Crippen molar-refractivity contribution in [3.05, 3.63) is 46.3 Å². The molecule has 2 aliphatic heterocycles. The Morgan fingerprint density at radius 2 is 2.06 bits per heavy atom. The molecule has 2 saturated heterocycles. The maximum absolute atomic E-state index is 13.4. The Morgan fingerprint density at radius 3 is 2.77 bits per heavy atom. The van der Waals surface area contributed by atoms with Crippen molar-refractivity contribution >= 4 is 17.5 Å². The zero-order valence-electron chi connectivity index (χ0n) is 17.5. The van der Waals surface area contributed by atoms with Crippen molar-refractivity contribution in [3.8, 4) is 0 Å². The second-order valence-electron chi connectivity index (χ2n) is 9.19. The van der Waals surface area contributed by atoms with Crippen LogP contribution in [0.4, 0.5) is 4.39 Å². The van der Waals surface area contributed by atoms with Gasteiger partial charge in [0.1, 0.15) is 5.82 Å². The van der Waals surface area contributed by atoms with Gasteiger partial charge in [-0.25, -0.2) is 4.39 Å². The molecule has 1 atom stereocenters. The van der Waals surface area contributed by atoms with Crippen molar-refractivity contribution in [2.24, 2.45) is 5.92 Å². The smallest absolute Gasteiger partial charge is 0.253 e. The van der Waals surface area contributed by atoms with E-state index in [1.807, 2.05) is 4.90 Å². The van der Waals surface area contributed by atoms with Crippen LogP contribution in [0, 0.1) is 11.7 Å². The van der Waals surface area contributed by atoms with Gasteiger partial charge < -0.3 is 14.2 Å². The van der Waals surface area contributed by atoms with Crippen LogP contribution >= 0.6 is 11.6 Å². The van der Waals surface area contributed by atoms with E-state index in [0.717, 1.165) is 63.3 Å². The zero-order valence-corrected chi connectivity index (χ0v) is 18.2. The van der Waals surface area contributed by atoms with Crippen molar-refractivity contribution < 1.29 is 18.4 Å². The highest BCUT2D eigenvalue weighted by atomic mass is 35.5. The van der Waals surface area contributed by atoms with E-state index >= 15 is 0 Å². The summed E-state index contributed by atoms with van der Waals surface area (Å²) in [5.41, 5.74) is 0.227. The molecule has 1 aliphatic carbocycles. The maximum atomic E-state index is 13.4. The summed E-state index contributed by atoms with van der Waals surface area (Å²) in [5.74, 6) is 1.90. The first kappa shape index (κ1) is 20.9. The van der Waals surface area contributed by atoms with Crippen LogP contribution in [0.25, 0.3) is 0 Å². The van der Waals surface area contributed by atoms with E-state index in [4.69, 9.17) is 20.9 Å². The molecular weight excluding hydrogens is 421 g/mol. The summed E-state index contributed by atoms with van der Waals surface area (Å²) in [6.45, 7) is 1.96. The molecule has 1 amide bonds. The Labute approximate surface area is 186 Å². The summed E-state index contributed by atoms with van der Waals surface area (Å²) in [7, 11) is 0. The van der Waals surface area contributed by atoms with Crippen molar-refractivity contribution in [2.75, 3.05) is 19.7 Å². The second-order valence-corrected chi connectivity index (χ2v) is 9.60. The van der Waals surface area contributed by atoms with E-state index < -0.39 is 5.82 Å². The van der Waals surface area contributed by atoms with Crippen LogP contribution in [0.15, 0.2) is 22.7 Å². The number of likely N-dealkylation sites (tertiary alicyclic amines) is 1. The largest absolute Gasteiger partial charge is 0.375 e. The molecule has 1 unspecified atom stereocenters. The topological polar surface area (TPSA) is 68.5 Å². The molecule has 1 spiro atoms. The van der Waals surface area contributed by atoms with E-state index in [2.05, 4.69) is 10.1 Å². The van der Waals surface area contributed by atoms with Gasteiger partial charge in [-0.15, -0.1) is 0 Å². The lowest BCUT2D eigenvalue weighted by Gasteiger charge is -2.46. The summed E-state index contributed by atoms with van der Waals surface area (Å²) in [6, 6.07) is 4.13. The second kappa shape index (κ2) is 8.51. The van der Waals surface area contributed by atoms with Crippen molar-refractivity contribution in [1.82, 2.24) is 15.0 Å². The normalized spacial score (nSPS) is 23.7. The van der Waals surface area contributed by atoms with Crippen LogP contribution in [-0.4, -0.2) is 46.2 Å². The molecule has 5 rings (SSSR count). The number of halogens is 2. The number of rotatable bonds is 4. The SMILES string of the molecule is O=C(c1ccc(F)c(Cl)c1)N1CCC2(CC1)CC(Cc1noc(C3CCC3)n1)CCO2. The van der Waals surface area contributed by atoms with E-state index in [9.17, 15) is 9.18 Å². The first-order valence-corrected chi connectivity index (χ1v) is 11.6. The highest BCUT2D eigenvalue weighted by Crippen LogP contribution is 2.39. The van der Waals surface area contributed by atoms with E-state index in [-0.39, 0.29) is 16.5 Å². The van der Waals surface area contributed by atoms with Crippen LogP contribution in [0.3, 0.4) is 0 Å². The molecule has 0 N–H and O–H groups in total. The lowest BCUT2D eigenvalue weighted by molar-refractivity contribution is -0.123. The molecule has 6 nitrogen and oxygen atoms in total. The fraction of sp³-hybridized carbons (Fsp3) is 0.609. The van der Waals surface area contributed by atoms with Crippen LogP contribution < -0.4 is 0 Å². The van der Waals surface area contributed by atoms with E-state index in [1.165, 1.54) is 24.6 Å². The van der Waals surface area contributed by atoms with Gasteiger partial charge in [0.15, 0.2) is 5.82 Å². The number of ether oxygens (including phenoxy) is 1. The van der Waals surface area contributed by atoms with Gasteiger partial charge in [0.25, 0.3) is 5.91 Å². The molecule has 1 aromatic carbocycles. The minimum absolute atomic E-state index is 0.0280. The van der Waals surface area contributed by atoms with Gasteiger partial charge in [0.2, 0.25) is 5.89 Å². The number of nitrogens with zero attached hydrogens (tertiary/aromatic N) is 3. The first-order valence-electron chi connectivity index (χ1n) is 11.2. The number of aromatic nitrogens is 2. The fourth-order valence-corrected chi connectivity index (χ4v) is 5.19. The third-order valence-corrected chi connectivity index (χ3v) is 7.42. The summed E-state index contributed by atoms with van der Waals surface area (Å²) in [5, 5.41) is 4.18. The van der Waals surface area contributed by atoms with E-state index in [1.54, 1.807) is 0 Å². The molecule has 1 saturated carbocycles. The van der Waals surface area contributed by atoms with E-state index in [0.29, 0.717) is 30.5 Å². The fourth-order valence-electron chi connectivity index (χ4n) is 5.01. The molecule has 2 aromatic rings. The number of hydrogen-bond acceptors (Lipinski definition) is 5. The molecule has 31 heavy (non-hydrogen) atoms. The number of benzene rings is 1. The molecule has 3 heterocycles. The lowest BCUT2D eigenvalue weighted by Crippen LogP contribution is -2.51. The predicted octanol–water partition coefficient (Wildman–Crippen LogP) is 4.77. The summed E-state index contributed by atoms with van der Waals surface area (Å²) >= 11 is 5.84. The molecule has 3 aliphatic rings. The monoisotopic (exact) mass is 447 g/mol. The van der Waals surface area contributed by atoms with Crippen LogP contribution in [-0.2, 0) is 11.2 Å². The minimum Gasteiger partial charge on any atom is -0.375 e. The zero-order chi connectivity index (χ0) is 21.4. The van der Waals surface area contributed by atoms with Crippen LogP contribution in [0.5, 0.6) is 0 Å². The molecule has 3 fully saturated rings. The summed E-state index contributed by atoms with van der Waals surface area (Å²) in [4.78, 5) is 19.2. The Morgan fingerprint density at radius 1 is 1.26 bits per heavy atom. The van der Waals surface area contributed by atoms with Gasteiger partial charge in [-0.05, 0) is 62.6 Å². The van der Waals surface area contributed by atoms with Gasteiger partial charge in [-0.2, -0.15) is 4.98 Å². The Bertz CT molecular complexity index is 953. The number of carbonyl (C=O) groups excluding carboxylic acids is 1. The third-order valence-electron chi connectivity index (χ3n) is 7.13. The minimum atomic E-state index is -0.515. The molecule has 0 bridgehead atoms. The number of piperidine rings is 1. The van der Waals surface area contributed by atoms with Gasteiger partial charge >= 0.3 is 0 Å². The maximum Gasteiger partial charge on any atom is 0.253 e. The van der Waals surface area contributed by atoms with Gasteiger partial charge in [-0.3, -0.25) is 4.79 Å². The molecule has 0 radical (unpaired) electrons. The lowest BCUT2D eigenvalue weighted by atomic mass is 9.78. The third kappa shape index (κ3) is 4.35. The van der Waals surface area contributed by atoms with Crippen molar-refractivity contribution in [3.63, 3.8) is 0 Å². The Kier molecular flexibility index (Phi) is 5.73. The summed E-state index contributed by atoms with van der Waals surface area (Å²) < 4.78 is 25.1. The Hall–Kier alpha value is -1.99. The highest BCUT2D eigenvalue weighted by Gasteiger charge is 2.41. The number of hydrogen-bond donors (Lipinski definition) is 0. The van der Waals surface area contributed by atoms with Crippen LogP contribution in [0.1, 0.15) is 72.9 Å². The Balaban J connectivity index is 1.18. The average Bonchev–Trinajstić information content (AvgIpc) is 3.16. The van der Waals surface area contributed by atoms with Gasteiger partial charge in [-0.1, -0.05) is 23.2 Å². The molecule has 1 aromatic heterocycles.